The normalized spacial score (nSPS) is 12.0. The molecule has 2 rings (SSSR count). The molecule has 0 fully saturated rings. The number of thiophene rings is 1. The molecule has 0 aliphatic heterocycles. The molecular formula is C12H11ClF2N2O2S2. The van der Waals surface area contributed by atoms with E-state index in [1.165, 1.54) is 18.4 Å². The zero-order chi connectivity index (χ0) is 15.8. The summed E-state index contributed by atoms with van der Waals surface area (Å²) in [5.74, 6) is -2.44. The van der Waals surface area contributed by atoms with Crippen LogP contribution in [0.5, 0.6) is 0 Å². The van der Waals surface area contributed by atoms with Gasteiger partial charge >= 0.3 is 0 Å². The van der Waals surface area contributed by atoms with Crippen LogP contribution in [0.3, 0.4) is 0 Å². The highest BCUT2D eigenvalue weighted by molar-refractivity contribution is 7.89. The SMILES string of the molecule is CN(Cc1ccc(Cl)s1)S(=O)(=O)c1c(F)cc(N)cc1F. The Morgan fingerprint density at radius 1 is 1.29 bits per heavy atom. The molecule has 0 amide bonds. The maximum atomic E-state index is 13.8. The van der Waals surface area contributed by atoms with Gasteiger partial charge in [-0.05, 0) is 24.3 Å². The molecule has 2 N–H and O–H groups in total. The van der Waals surface area contributed by atoms with E-state index in [-0.39, 0.29) is 12.2 Å². The van der Waals surface area contributed by atoms with Gasteiger partial charge in [0.15, 0.2) is 4.90 Å². The number of sulfonamides is 1. The molecule has 1 aromatic carbocycles. The average Bonchev–Trinajstić information content (AvgIpc) is 2.72. The zero-order valence-corrected chi connectivity index (χ0v) is 13.2. The van der Waals surface area contributed by atoms with Gasteiger partial charge in [-0.25, -0.2) is 17.2 Å². The van der Waals surface area contributed by atoms with E-state index in [1.807, 2.05) is 0 Å². The van der Waals surface area contributed by atoms with Gasteiger partial charge in [0, 0.05) is 24.2 Å². The smallest absolute Gasteiger partial charge is 0.249 e. The third-order valence-corrected chi connectivity index (χ3v) is 5.77. The Labute approximate surface area is 129 Å². The summed E-state index contributed by atoms with van der Waals surface area (Å²) in [7, 11) is -3.08. The summed E-state index contributed by atoms with van der Waals surface area (Å²) in [4.78, 5) is -0.357. The summed E-state index contributed by atoms with van der Waals surface area (Å²) in [6.45, 7) is -0.0387. The molecule has 9 heteroatoms. The van der Waals surface area contributed by atoms with Crippen molar-refractivity contribution in [2.75, 3.05) is 12.8 Å². The van der Waals surface area contributed by atoms with E-state index in [2.05, 4.69) is 0 Å². The molecular weight excluding hydrogens is 342 g/mol. The third kappa shape index (κ3) is 3.34. The molecule has 1 aromatic heterocycles. The van der Waals surface area contributed by atoms with Gasteiger partial charge in [-0.1, -0.05) is 11.6 Å². The van der Waals surface area contributed by atoms with Gasteiger partial charge in [0.25, 0.3) is 0 Å². The Bertz CT molecular complexity index is 754. The van der Waals surface area contributed by atoms with Crippen LogP contribution in [-0.4, -0.2) is 19.8 Å². The number of hydrogen-bond acceptors (Lipinski definition) is 4. The van der Waals surface area contributed by atoms with Crippen molar-refractivity contribution in [3.63, 3.8) is 0 Å². The largest absolute Gasteiger partial charge is 0.399 e. The first kappa shape index (κ1) is 16.2. The molecule has 4 nitrogen and oxygen atoms in total. The molecule has 0 spiro atoms. The Balaban J connectivity index is 2.38. The van der Waals surface area contributed by atoms with Crippen LogP contribution in [0.25, 0.3) is 0 Å². The van der Waals surface area contributed by atoms with Crippen molar-refractivity contribution in [1.82, 2.24) is 4.31 Å². The highest BCUT2D eigenvalue weighted by atomic mass is 35.5. The standard InChI is InChI=1S/C12H11ClF2N2O2S2/c1-17(6-8-2-3-11(13)20-8)21(18,19)12-9(14)4-7(16)5-10(12)15/h2-5H,6,16H2,1H3. The lowest BCUT2D eigenvalue weighted by molar-refractivity contribution is 0.450. The number of rotatable bonds is 4. The van der Waals surface area contributed by atoms with Crippen LogP contribution < -0.4 is 5.73 Å². The predicted molar refractivity (Wildman–Crippen MR) is 78.8 cm³/mol. The second-order valence-electron chi connectivity index (χ2n) is 4.28. The monoisotopic (exact) mass is 352 g/mol. The van der Waals surface area contributed by atoms with Gasteiger partial charge in [0.2, 0.25) is 10.0 Å². The third-order valence-electron chi connectivity index (χ3n) is 2.70. The molecule has 0 aliphatic carbocycles. The van der Waals surface area contributed by atoms with Crippen molar-refractivity contribution >= 4 is 38.6 Å². The molecule has 0 saturated carbocycles. The first-order valence-electron chi connectivity index (χ1n) is 5.67. The van der Waals surface area contributed by atoms with E-state index in [9.17, 15) is 17.2 Å². The lowest BCUT2D eigenvalue weighted by Gasteiger charge is -2.17. The first-order valence-corrected chi connectivity index (χ1v) is 8.30. The topological polar surface area (TPSA) is 63.4 Å². The van der Waals surface area contributed by atoms with E-state index in [0.717, 1.165) is 16.4 Å². The Morgan fingerprint density at radius 2 is 1.86 bits per heavy atom. The van der Waals surface area contributed by atoms with Gasteiger partial charge in [0.1, 0.15) is 11.6 Å². The fourth-order valence-corrected chi connectivity index (χ4v) is 4.18. The number of hydrogen-bond donors (Lipinski definition) is 1. The summed E-state index contributed by atoms with van der Waals surface area (Å²) in [5, 5.41) is 0. The van der Waals surface area contributed by atoms with Crippen LogP contribution in [0.15, 0.2) is 29.2 Å². The van der Waals surface area contributed by atoms with Crippen LogP contribution in [0, 0.1) is 11.6 Å². The molecule has 1 heterocycles. The fraction of sp³-hybridized carbons (Fsp3) is 0.167. The molecule has 0 atom stereocenters. The van der Waals surface area contributed by atoms with Gasteiger partial charge in [0.05, 0.1) is 4.34 Å². The van der Waals surface area contributed by atoms with Crippen molar-refractivity contribution in [1.29, 1.82) is 0 Å². The number of anilines is 1. The summed E-state index contributed by atoms with van der Waals surface area (Å²) in [6.07, 6.45) is 0. The van der Waals surface area contributed by atoms with Crippen molar-refractivity contribution in [3.05, 3.63) is 45.1 Å². The van der Waals surface area contributed by atoms with Crippen LogP contribution in [0.4, 0.5) is 14.5 Å². The molecule has 0 unspecified atom stereocenters. The van der Waals surface area contributed by atoms with Crippen LogP contribution in [-0.2, 0) is 16.6 Å². The average molecular weight is 353 g/mol. The quantitative estimate of drug-likeness (QED) is 0.860. The van der Waals surface area contributed by atoms with Crippen molar-refractivity contribution < 1.29 is 17.2 Å². The Hall–Kier alpha value is -1.22. The van der Waals surface area contributed by atoms with Crippen molar-refractivity contribution in [2.24, 2.45) is 0 Å². The predicted octanol–water partition coefficient (Wildman–Crippen LogP) is 3.08. The lowest BCUT2D eigenvalue weighted by Crippen LogP contribution is -2.28. The number of nitrogens with zero attached hydrogens (tertiary/aromatic N) is 1. The fourth-order valence-electron chi connectivity index (χ4n) is 1.72. The molecule has 21 heavy (non-hydrogen) atoms. The van der Waals surface area contributed by atoms with E-state index >= 15 is 0 Å². The minimum Gasteiger partial charge on any atom is -0.399 e. The summed E-state index contributed by atoms with van der Waals surface area (Å²) in [6, 6.07) is 4.80. The minimum absolute atomic E-state index is 0.0387. The van der Waals surface area contributed by atoms with E-state index < -0.39 is 26.6 Å². The van der Waals surface area contributed by atoms with E-state index in [0.29, 0.717) is 9.21 Å². The molecule has 0 aliphatic rings. The van der Waals surface area contributed by atoms with E-state index in [4.69, 9.17) is 17.3 Å². The summed E-state index contributed by atoms with van der Waals surface area (Å²) >= 11 is 6.95. The summed E-state index contributed by atoms with van der Waals surface area (Å²) < 4.78 is 53.4. The van der Waals surface area contributed by atoms with Crippen LogP contribution in [0.1, 0.15) is 4.88 Å². The van der Waals surface area contributed by atoms with E-state index in [1.54, 1.807) is 12.1 Å². The van der Waals surface area contributed by atoms with Gasteiger partial charge in [-0.3, -0.25) is 0 Å². The zero-order valence-electron chi connectivity index (χ0n) is 10.8. The molecule has 0 radical (unpaired) electrons. The van der Waals surface area contributed by atoms with Crippen molar-refractivity contribution in [3.8, 4) is 0 Å². The molecule has 0 saturated heterocycles. The number of halogens is 3. The second kappa shape index (κ2) is 5.88. The molecule has 0 bridgehead atoms. The van der Waals surface area contributed by atoms with Crippen molar-refractivity contribution in [2.45, 2.75) is 11.4 Å². The highest BCUT2D eigenvalue weighted by Crippen LogP contribution is 2.27. The lowest BCUT2D eigenvalue weighted by atomic mass is 10.3. The number of nitrogens with two attached hydrogens (primary N) is 1. The number of benzene rings is 1. The maximum Gasteiger partial charge on any atom is 0.249 e. The van der Waals surface area contributed by atoms with Gasteiger partial charge in [-0.2, -0.15) is 4.31 Å². The van der Waals surface area contributed by atoms with Crippen LogP contribution in [0.2, 0.25) is 4.34 Å². The molecule has 2 aromatic rings. The van der Waals surface area contributed by atoms with Gasteiger partial charge < -0.3 is 5.73 Å². The first-order chi connectivity index (χ1) is 9.71. The Morgan fingerprint density at radius 3 is 2.33 bits per heavy atom. The highest BCUT2D eigenvalue weighted by Gasteiger charge is 2.29. The van der Waals surface area contributed by atoms with Gasteiger partial charge in [-0.15, -0.1) is 11.3 Å². The second-order valence-corrected chi connectivity index (χ2v) is 8.06. The Kier molecular flexibility index (Phi) is 4.52. The van der Waals surface area contributed by atoms with Crippen LogP contribution >= 0.6 is 22.9 Å². The maximum absolute atomic E-state index is 13.8. The number of nitrogen functional groups attached to an aromatic ring is 1. The molecule has 114 valence electrons. The minimum atomic E-state index is -4.31. The summed E-state index contributed by atoms with van der Waals surface area (Å²) in [5.41, 5.74) is 5.09.